The van der Waals surface area contributed by atoms with E-state index < -0.39 is 11.6 Å². The summed E-state index contributed by atoms with van der Waals surface area (Å²) < 4.78 is 29.7. The van der Waals surface area contributed by atoms with Gasteiger partial charge < -0.3 is 4.52 Å². The normalized spacial score (nSPS) is 10.7. The van der Waals surface area contributed by atoms with Gasteiger partial charge in [-0.3, -0.25) is 0 Å². The number of halogens is 2. The van der Waals surface area contributed by atoms with Gasteiger partial charge in [-0.2, -0.15) is 0 Å². The van der Waals surface area contributed by atoms with Crippen molar-refractivity contribution in [2.75, 3.05) is 0 Å². The van der Waals surface area contributed by atoms with Gasteiger partial charge in [0.1, 0.15) is 11.6 Å². The number of benzene rings is 1. The highest BCUT2D eigenvalue weighted by Gasteiger charge is 2.06. The highest BCUT2D eigenvalue weighted by atomic mass is 19.1. The molecule has 4 heteroatoms. The van der Waals surface area contributed by atoms with Crippen molar-refractivity contribution in [2.45, 2.75) is 0 Å². The van der Waals surface area contributed by atoms with E-state index in [1.54, 1.807) is 0 Å². The van der Waals surface area contributed by atoms with Gasteiger partial charge in [0.2, 0.25) is 0 Å². The lowest BCUT2D eigenvalue weighted by atomic mass is 10.2. The molecule has 0 fully saturated rings. The van der Waals surface area contributed by atoms with Crippen LogP contribution in [0, 0.1) is 11.6 Å². The van der Waals surface area contributed by atoms with Crippen molar-refractivity contribution in [2.24, 2.45) is 0 Å². The Morgan fingerprint density at radius 1 is 1.27 bits per heavy atom. The van der Waals surface area contributed by atoms with Crippen molar-refractivity contribution in [3.05, 3.63) is 30.0 Å². The zero-order valence-corrected chi connectivity index (χ0v) is 5.34. The summed E-state index contributed by atoms with van der Waals surface area (Å²) in [7, 11) is 0. The minimum absolute atomic E-state index is 0.127. The summed E-state index contributed by atoms with van der Waals surface area (Å²) >= 11 is 0. The molecule has 1 aromatic heterocycles. The summed E-state index contributed by atoms with van der Waals surface area (Å²) in [6, 6.07) is 1.88. The van der Waals surface area contributed by atoms with Gasteiger partial charge in [0.25, 0.3) is 0 Å². The Bertz CT molecular complexity index is 396. The summed E-state index contributed by atoms with van der Waals surface area (Å²) in [6.07, 6.45) is 1.21. The van der Waals surface area contributed by atoms with Crippen molar-refractivity contribution >= 4 is 11.0 Å². The lowest BCUT2D eigenvalue weighted by Gasteiger charge is -1.88. The third-order valence-electron chi connectivity index (χ3n) is 1.39. The Hall–Kier alpha value is -1.45. The number of hydrogen-bond donors (Lipinski definition) is 0. The molecule has 2 rings (SSSR count). The van der Waals surface area contributed by atoms with Crippen molar-refractivity contribution < 1.29 is 13.3 Å². The van der Waals surface area contributed by atoms with Gasteiger partial charge in [0, 0.05) is 12.1 Å². The molecule has 0 amide bonds. The molecule has 0 unspecified atom stereocenters. The van der Waals surface area contributed by atoms with Gasteiger partial charge in [-0.1, -0.05) is 5.16 Å². The van der Waals surface area contributed by atoms with Gasteiger partial charge in [0.05, 0.1) is 11.6 Å². The average Bonchev–Trinajstić information content (AvgIpc) is 2.34. The first-order valence-electron chi connectivity index (χ1n) is 2.97. The van der Waals surface area contributed by atoms with Crippen LogP contribution in [0.2, 0.25) is 0 Å². The van der Waals surface area contributed by atoms with Gasteiger partial charge in [0.15, 0.2) is 5.58 Å². The van der Waals surface area contributed by atoms with E-state index in [1.165, 1.54) is 6.20 Å². The number of hydrogen-bond acceptors (Lipinski definition) is 2. The standard InChI is InChI=1S/C7H3F2NO/c8-4-1-6(9)5-3-10-11-7(5)2-4/h1-3H. The topological polar surface area (TPSA) is 26.0 Å². The second kappa shape index (κ2) is 2.02. The van der Waals surface area contributed by atoms with Crippen LogP contribution in [0.5, 0.6) is 0 Å². The summed E-state index contributed by atoms with van der Waals surface area (Å²) in [6.45, 7) is 0. The second-order valence-corrected chi connectivity index (χ2v) is 2.13. The minimum atomic E-state index is -0.660. The number of aromatic nitrogens is 1. The second-order valence-electron chi connectivity index (χ2n) is 2.13. The molecule has 0 aliphatic heterocycles. The zero-order chi connectivity index (χ0) is 7.84. The summed E-state index contributed by atoms with van der Waals surface area (Å²) in [5, 5.41) is 3.52. The van der Waals surface area contributed by atoms with Crippen molar-refractivity contribution in [1.29, 1.82) is 0 Å². The smallest absolute Gasteiger partial charge is 0.172 e. The van der Waals surface area contributed by atoms with Crippen LogP contribution in [-0.4, -0.2) is 5.16 Å². The number of rotatable bonds is 0. The molecule has 0 atom stereocenters. The van der Waals surface area contributed by atoms with Crippen LogP contribution in [0.15, 0.2) is 22.9 Å². The van der Waals surface area contributed by atoms with Crippen LogP contribution in [0.25, 0.3) is 11.0 Å². The fraction of sp³-hybridized carbons (Fsp3) is 0. The van der Waals surface area contributed by atoms with E-state index in [0.717, 1.165) is 12.1 Å². The molecule has 1 aromatic carbocycles. The highest BCUT2D eigenvalue weighted by molar-refractivity contribution is 5.76. The third-order valence-corrected chi connectivity index (χ3v) is 1.39. The van der Waals surface area contributed by atoms with E-state index >= 15 is 0 Å². The Kier molecular flexibility index (Phi) is 1.15. The van der Waals surface area contributed by atoms with E-state index in [1.807, 2.05) is 0 Å². The van der Waals surface area contributed by atoms with Gasteiger partial charge in [-0.05, 0) is 0 Å². The van der Waals surface area contributed by atoms with Gasteiger partial charge >= 0.3 is 0 Å². The van der Waals surface area contributed by atoms with Crippen LogP contribution in [0.4, 0.5) is 8.78 Å². The molecular formula is C7H3F2NO. The van der Waals surface area contributed by atoms with E-state index in [4.69, 9.17) is 0 Å². The molecule has 11 heavy (non-hydrogen) atoms. The maximum atomic E-state index is 12.7. The van der Waals surface area contributed by atoms with Gasteiger partial charge in [-0.15, -0.1) is 0 Å². The molecule has 0 aliphatic carbocycles. The quantitative estimate of drug-likeness (QED) is 0.582. The van der Waals surface area contributed by atoms with E-state index in [9.17, 15) is 8.78 Å². The molecule has 0 saturated carbocycles. The molecule has 0 radical (unpaired) electrons. The van der Waals surface area contributed by atoms with Crippen LogP contribution in [0.1, 0.15) is 0 Å². The Labute approximate surface area is 60.4 Å². The molecule has 0 spiro atoms. The van der Waals surface area contributed by atoms with Crippen molar-refractivity contribution in [3.63, 3.8) is 0 Å². The van der Waals surface area contributed by atoms with E-state index in [2.05, 4.69) is 9.68 Å². The first-order chi connectivity index (χ1) is 5.27. The Morgan fingerprint density at radius 3 is 2.91 bits per heavy atom. The lowest BCUT2D eigenvalue weighted by molar-refractivity contribution is 0.454. The first-order valence-corrected chi connectivity index (χ1v) is 2.97. The predicted molar refractivity (Wildman–Crippen MR) is 33.9 cm³/mol. The maximum Gasteiger partial charge on any atom is 0.172 e. The van der Waals surface area contributed by atoms with Crippen molar-refractivity contribution in [3.8, 4) is 0 Å². The number of fused-ring (bicyclic) bond motifs is 1. The minimum Gasteiger partial charge on any atom is -0.356 e. The summed E-state index contributed by atoms with van der Waals surface area (Å²) in [5.74, 6) is -1.31. The number of nitrogens with zero attached hydrogens (tertiary/aromatic N) is 1. The van der Waals surface area contributed by atoms with Crippen LogP contribution in [-0.2, 0) is 0 Å². The fourth-order valence-electron chi connectivity index (χ4n) is 0.898. The Morgan fingerprint density at radius 2 is 2.09 bits per heavy atom. The summed E-state index contributed by atoms with van der Waals surface area (Å²) in [5.41, 5.74) is 0.127. The summed E-state index contributed by atoms with van der Waals surface area (Å²) in [4.78, 5) is 0. The first kappa shape index (κ1) is 6.27. The molecule has 2 nitrogen and oxygen atoms in total. The molecule has 0 N–H and O–H groups in total. The molecule has 0 saturated heterocycles. The lowest BCUT2D eigenvalue weighted by Crippen LogP contribution is -1.78. The highest BCUT2D eigenvalue weighted by Crippen LogP contribution is 2.18. The predicted octanol–water partition coefficient (Wildman–Crippen LogP) is 2.11. The largest absolute Gasteiger partial charge is 0.356 e. The van der Waals surface area contributed by atoms with E-state index in [0.29, 0.717) is 0 Å². The Balaban J connectivity index is 2.91. The fourth-order valence-corrected chi connectivity index (χ4v) is 0.898. The van der Waals surface area contributed by atoms with Crippen LogP contribution < -0.4 is 0 Å². The molecule has 0 aliphatic rings. The molecule has 2 aromatic rings. The molecule has 0 bridgehead atoms. The third kappa shape index (κ3) is 0.869. The average molecular weight is 155 g/mol. The zero-order valence-electron chi connectivity index (χ0n) is 5.34. The van der Waals surface area contributed by atoms with Crippen LogP contribution in [0.3, 0.4) is 0 Å². The molecule has 56 valence electrons. The van der Waals surface area contributed by atoms with Gasteiger partial charge in [-0.25, -0.2) is 8.78 Å². The van der Waals surface area contributed by atoms with Crippen LogP contribution >= 0.6 is 0 Å². The maximum absolute atomic E-state index is 12.7. The van der Waals surface area contributed by atoms with E-state index in [-0.39, 0.29) is 11.0 Å². The molecule has 1 heterocycles. The molecular weight excluding hydrogens is 152 g/mol. The van der Waals surface area contributed by atoms with Crippen molar-refractivity contribution in [1.82, 2.24) is 5.16 Å². The SMILES string of the molecule is Fc1cc(F)c2cnoc2c1. The monoisotopic (exact) mass is 155 g/mol.